The summed E-state index contributed by atoms with van der Waals surface area (Å²) in [5.41, 5.74) is 13.1. The largest absolute Gasteiger partial charge is 0.497 e. The third-order valence-electron chi connectivity index (χ3n) is 19.0. The average Bonchev–Trinajstić information content (AvgIpc) is 1.61. The first-order valence-electron chi connectivity index (χ1n) is 34.1. The molecular weight excluding hydrogens is 1290 g/mol. The molecule has 0 spiro atoms. The number of fused-ring (bicyclic) bond motifs is 3. The maximum absolute atomic E-state index is 12.9. The summed E-state index contributed by atoms with van der Waals surface area (Å²) in [6.07, 6.45) is 24.6. The van der Waals surface area contributed by atoms with Crippen LogP contribution in [-0.2, 0) is 28.9 Å². The molecule has 0 unspecified atom stereocenters. The molecule has 0 bridgehead atoms. The molecule has 5 aliphatic rings. The number of nitrogens with zero attached hydrogens (tertiary/aromatic N) is 17. The Balaban J connectivity index is 0.000000130. The number of amides is 3. The van der Waals surface area contributed by atoms with Gasteiger partial charge in [0.1, 0.15) is 33.7 Å². The summed E-state index contributed by atoms with van der Waals surface area (Å²) < 4.78 is 26.6. The van der Waals surface area contributed by atoms with Gasteiger partial charge in [-0.2, -0.15) is 10.2 Å². The minimum atomic E-state index is -0.425. The number of carbonyl (C=O) groups excluding carboxylic acids is 3. The van der Waals surface area contributed by atoms with Gasteiger partial charge in [-0.15, -0.1) is 0 Å². The minimum Gasteiger partial charge on any atom is -0.497 e. The van der Waals surface area contributed by atoms with E-state index in [4.69, 9.17) is 40.6 Å². The third kappa shape index (κ3) is 16.2. The van der Waals surface area contributed by atoms with Crippen LogP contribution in [0.25, 0.3) is 44.6 Å². The molecule has 0 atom stereocenters. The number of pyridine rings is 3. The lowest BCUT2D eigenvalue weighted by Gasteiger charge is -2.32. The second-order valence-electron chi connectivity index (χ2n) is 26.5. The van der Waals surface area contributed by atoms with Crippen LogP contribution in [-0.4, -0.2) is 174 Å². The molecule has 2 aromatic carbocycles. The van der Waals surface area contributed by atoms with E-state index in [9.17, 15) is 14.4 Å². The molecule has 0 N–H and O–H groups in total. The Morgan fingerprint density at radius 3 is 1.39 bits per heavy atom. The molecule has 24 nitrogen and oxygen atoms in total. The van der Waals surface area contributed by atoms with Crippen LogP contribution in [0.5, 0.6) is 11.5 Å². The van der Waals surface area contributed by atoms with E-state index in [1.54, 1.807) is 51.4 Å². The first-order chi connectivity index (χ1) is 48.3. The molecule has 4 fully saturated rings. The van der Waals surface area contributed by atoms with Crippen molar-refractivity contribution in [3.05, 3.63) is 179 Å². The number of aliphatic imine (C=N–C) groups is 1. The highest BCUT2D eigenvalue weighted by Gasteiger charge is 2.52. The zero-order valence-corrected chi connectivity index (χ0v) is 58.9. The van der Waals surface area contributed by atoms with E-state index < -0.39 is 7.12 Å². The van der Waals surface area contributed by atoms with Gasteiger partial charge in [-0.25, -0.2) is 34.3 Å². The number of piperidine rings is 3. The van der Waals surface area contributed by atoms with Crippen LogP contribution < -0.4 is 14.9 Å². The Kier molecular flexibility index (Phi) is 21.7. The number of ether oxygens (including phenoxy) is 2. The van der Waals surface area contributed by atoms with Crippen molar-refractivity contribution in [2.45, 2.75) is 137 Å². The fraction of sp³-hybridized carbons (Fsp3) is 0.392. The van der Waals surface area contributed by atoms with Crippen LogP contribution in [0.3, 0.4) is 0 Å². The van der Waals surface area contributed by atoms with E-state index in [0.717, 1.165) is 167 Å². The minimum absolute atomic E-state index is 0.0316. The van der Waals surface area contributed by atoms with E-state index in [1.165, 1.54) is 31.7 Å². The first-order valence-corrected chi connectivity index (χ1v) is 34.5. The maximum atomic E-state index is 12.9. The molecular formula is C74H83BClN17O7. The molecule has 0 aliphatic carbocycles. The fourth-order valence-corrected chi connectivity index (χ4v) is 12.7. The van der Waals surface area contributed by atoms with Crippen molar-refractivity contribution in [1.29, 1.82) is 0 Å². The van der Waals surface area contributed by atoms with E-state index in [2.05, 4.69) is 83.6 Å². The lowest BCUT2D eigenvalue weighted by molar-refractivity contribution is 0.00578. The van der Waals surface area contributed by atoms with Gasteiger partial charge < -0.3 is 33.5 Å². The number of halogens is 1. The summed E-state index contributed by atoms with van der Waals surface area (Å²) in [5, 5.41) is 11.6. The molecule has 13 heterocycles. The molecule has 4 saturated heterocycles. The number of methoxy groups -OCH3 is 2. The average molecular weight is 1370 g/mol. The van der Waals surface area contributed by atoms with Crippen molar-refractivity contribution in [3.63, 3.8) is 0 Å². The number of aromatic nitrogens is 13. The van der Waals surface area contributed by atoms with Crippen LogP contribution in [0.15, 0.2) is 127 Å². The normalized spacial score (nSPS) is 16.1. The molecule has 8 aromatic heterocycles. The summed E-state index contributed by atoms with van der Waals surface area (Å²) in [6, 6.07) is 22.1. The fourth-order valence-electron chi connectivity index (χ4n) is 12.5. The molecule has 5 aliphatic heterocycles. The van der Waals surface area contributed by atoms with Crippen molar-refractivity contribution in [3.8, 4) is 34.0 Å². The van der Waals surface area contributed by atoms with Crippen LogP contribution in [0.1, 0.15) is 158 Å². The van der Waals surface area contributed by atoms with Crippen LogP contribution in [0.2, 0.25) is 5.15 Å². The van der Waals surface area contributed by atoms with Crippen LogP contribution >= 0.6 is 11.6 Å². The monoisotopic (exact) mass is 1370 g/mol. The molecule has 3 amide bonds. The lowest BCUT2D eigenvalue weighted by atomic mass is 9.80. The smallest absolute Gasteiger partial charge is 0.496 e. The van der Waals surface area contributed by atoms with Gasteiger partial charge in [-0.05, 0) is 160 Å². The number of rotatable bonds is 12. The van der Waals surface area contributed by atoms with E-state index in [0.29, 0.717) is 48.1 Å². The van der Waals surface area contributed by atoms with Gasteiger partial charge in [0.25, 0.3) is 17.7 Å². The number of carbonyl (C=O) groups is 3. The third-order valence-corrected chi connectivity index (χ3v) is 19.1. The van der Waals surface area contributed by atoms with Crippen molar-refractivity contribution >= 4 is 69.7 Å². The predicted octanol–water partition coefficient (Wildman–Crippen LogP) is 11.2. The molecule has 15 rings (SSSR count). The molecule has 0 saturated carbocycles. The molecule has 10 aromatic rings. The van der Waals surface area contributed by atoms with Crippen LogP contribution in [0.4, 0.5) is 0 Å². The lowest BCUT2D eigenvalue weighted by Crippen LogP contribution is -2.41. The van der Waals surface area contributed by atoms with Crippen molar-refractivity contribution in [2.75, 3.05) is 53.5 Å². The SMILES string of the molecule is CC1=NCc2ncc(-c3cncc(C(=O)N4CCCCC4)n3)cc21.COc1ccc(Cn2nc(C)c3cc(-c4cncc(C(=O)N5CCCCC5)n4)cnc32)cc1.COc1ccc(Cn2nc(C)c3cc(B4OC(C)(C)C(C)(C)O4)cnc32)cc1.O=C(c1cncc(Cl)n1)N1CCCCC1. The van der Waals surface area contributed by atoms with Gasteiger partial charge in [0.2, 0.25) is 0 Å². The van der Waals surface area contributed by atoms with Gasteiger partial charge in [-0.1, -0.05) is 35.9 Å². The number of hydrogen-bond donors (Lipinski definition) is 0. The topological polar surface area (TPSA) is 262 Å². The highest BCUT2D eigenvalue weighted by Crippen LogP contribution is 2.37. The van der Waals surface area contributed by atoms with Crippen molar-refractivity contribution < 1.29 is 33.2 Å². The van der Waals surface area contributed by atoms with E-state index in [-0.39, 0.29) is 34.1 Å². The summed E-state index contributed by atoms with van der Waals surface area (Å²) in [7, 11) is 2.90. The molecule has 100 heavy (non-hydrogen) atoms. The standard InChI is InChI=1S/C25H26N6O2.C21H26BN3O3.C18H19N5O.C10H12ClN3O/c1-17-21-12-19(22-14-26-15-23(28-22)25(32)30-10-4-3-5-11-30)13-27-24(21)31(29-17)16-18-6-8-20(33-2)9-7-18;1-14-18-11-16(22-27-20(2,3)21(4,5)28-22)12-23-19(18)25(24-14)13-15-7-9-17(26-6)10-8-15;1-12-14-7-13(8-21-16(14)11-20-12)15-9-19-10-17(22-15)18(24)23-5-3-2-4-6-23;11-9-7-12-6-8(13-9)10(15)14-4-2-1-3-5-14/h6-9,12-15H,3-5,10-11,16H2,1-2H3;7-12H,13H2,1-6H3;7-10H,2-6,11H2,1H3;6-7H,1-5H2. The highest BCUT2D eigenvalue weighted by molar-refractivity contribution is 6.62. The number of likely N-dealkylation sites (tertiary alicyclic amines) is 3. The summed E-state index contributed by atoms with van der Waals surface area (Å²) >= 11 is 5.68. The second-order valence-corrected chi connectivity index (χ2v) is 26.9. The Bertz CT molecular complexity index is 4590. The Hall–Kier alpha value is -9.98. The van der Waals surface area contributed by atoms with Gasteiger partial charge in [0, 0.05) is 96.5 Å². The summed E-state index contributed by atoms with van der Waals surface area (Å²) in [5.74, 6) is 1.52. The molecule has 0 radical (unpaired) electrons. The van der Waals surface area contributed by atoms with Crippen molar-refractivity contribution in [1.82, 2.24) is 79.1 Å². The Morgan fingerprint density at radius 1 is 0.510 bits per heavy atom. The van der Waals surface area contributed by atoms with E-state index >= 15 is 0 Å². The Morgan fingerprint density at radius 2 is 0.930 bits per heavy atom. The van der Waals surface area contributed by atoms with E-state index in [1.807, 2.05) is 112 Å². The van der Waals surface area contributed by atoms with Crippen LogP contribution in [0, 0.1) is 13.8 Å². The number of hydrogen-bond acceptors (Lipinski definition) is 19. The Labute approximate surface area is 587 Å². The highest BCUT2D eigenvalue weighted by atomic mass is 35.5. The molecule has 26 heteroatoms. The van der Waals surface area contributed by atoms with Gasteiger partial charge in [0.05, 0.1) is 111 Å². The zero-order valence-electron chi connectivity index (χ0n) is 58.2. The summed E-state index contributed by atoms with van der Waals surface area (Å²) in [4.78, 5) is 86.7. The number of benzene rings is 2. The maximum Gasteiger partial charge on any atom is 0.496 e. The predicted molar refractivity (Wildman–Crippen MR) is 383 cm³/mol. The summed E-state index contributed by atoms with van der Waals surface area (Å²) in [6.45, 7) is 20.9. The zero-order chi connectivity index (χ0) is 70.1. The quantitative estimate of drug-likeness (QED) is 0.103. The molecule has 516 valence electrons. The van der Waals surface area contributed by atoms with Crippen molar-refractivity contribution in [2.24, 2.45) is 4.99 Å². The second kappa shape index (κ2) is 31.1. The number of aryl methyl sites for hydroxylation is 2. The van der Waals surface area contributed by atoms with Gasteiger partial charge >= 0.3 is 7.12 Å². The first kappa shape index (κ1) is 69.9. The van der Waals surface area contributed by atoms with Gasteiger partial charge in [0.15, 0.2) is 11.3 Å². The van der Waals surface area contributed by atoms with Gasteiger partial charge in [-0.3, -0.25) is 39.3 Å².